The van der Waals surface area contributed by atoms with E-state index < -0.39 is 0 Å². The van der Waals surface area contributed by atoms with Crippen LogP contribution in [0.2, 0.25) is 0 Å². The van der Waals surface area contributed by atoms with E-state index in [9.17, 15) is 4.79 Å². The summed E-state index contributed by atoms with van der Waals surface area (Å²) in [6.07, 6.45) is 5.45. The van der Waals surface area contributed by atoms with Crippen molar-refractivity contribution in [3.63, 3.8) is 0 Å². The van der Waals surface area contributed by atoms with Gasteiger partial charge in [-0.05, 0) is 45.2 Å². The number of pyridine rings is 1. The van der Waals surface area contributed by atoms with Crippen molar-refractivity contribution in [2.45, 2.75) is 51.7 Å². The summed E-state index contributed by atoms with van der Waals surface area (Å²) in [5, 5.41) is 6.21. The van der Waals surface area contributed by atoms with E-state index in [2.05, 4.69) is 15.6 Å². The number of aromatic nitrogens is 1. The fraction of sp³-hybridized carbons (Fsp3) is 0.600. The number of hydrogen-bond acceptors (Lipinski definition) is 4. The molecule has 0 unspecified atom stereocenters. The third-order valence-corrected chi connectivity index (χ3v) is 2.95. The lowest BCUT2D eigenvalue weighted by molar-refractivity contribution is -0.121. The Labute approximate surface area is 120 Å². The highest BCUT2D eigenvalue weighted by Crippen LogP contribution is 2.22. The van der Waals surface area contributed by atoms with Gasteiger partial charge in [-0.3, -0.25) is 4.79 Å². The fourth-order valence-corrected chi connectivity index (χ4v) is 1.86. The topological polar surface area (TPSA) is 63.2 Å². The fourth-order valence-electron chi connectivity index (χ4n) is 1.86. The standard InChI is InChI=1S/C15H23N3O2/c1-11(2)20-13-5-3-9-16-15(13)17-10-4-6-14(19)18-12-7-8-12/h3,5,9,11-12H,4,6-8,10H2,1-2H3,(H,16,17)(H,18,19). The number of nitrogens with one attached hydrogen (secondary N) is 2. The normalized spacial score (nSPS) is 14.2. The van der Waals surface area contributed by atoms with Crippen LogP contribution in [-0.2, 0) is 4.79 Å². The van der Waals surface area contributed by atoms with E-state index in [1.54, 1.807) is 6.20 Å². The Kier molecular flexibility index (Phi) is 5.21. The Morgan fingerprint density at radius 1 is 1.50 bits per heavy atom. The maximum Gasteiger partial charge on any atom is 0.220 e. The number of carbonyl (C=O) groups excluding carboxylic acids is 1. The zero-order valence-corrected chi connectivity index (χ0v) is 12.2. The molecule has 20 heavy (non-hydrogen) atoms. The van der Waals surface area contributed by atoms with Crippen molar-refractivity contribution in [3.8, 4) is 5.75 Å². The van der Waals surface area contributed by atoms with Crippen LogP contribution in [0.15, 0.2) is 18.3 Å². The summed E-state index contributed by atoms with van der Waals surface area (Å²) in [5.74, 6) is 1.64. The van der Waals surface area contributed by atoms with Crippen LogP contribution < -0.4 is 15.4 Å². The maximum absolute atomic E-state index is 11.5. The Morgan fingerprint density at radius 3 is 3.00 bits per heavy atom. The highest BCUT2D eigenvalue weighted by Gasteiger charge is 2.22. The molecule has 5 heteroatoms. The molecule has 110 valence electrons. The Balaban J connectivity index is 1.71. The minimum absolute atomic E-state index is 0.115. The molecule has 0 aromatic carbocycles. The first-order valence-corrected chi connectivity index (χ1v) is 7.30. The molecule has 0 bridgehead atoms. The molecule has 2 rings (SSSR count). The molecular weight excluding hydrogens is 254 g/mol. The van der Waals surface area contributed by atoms with E-state index in [1.165, 1.54) is 0 Å². The smallest absolute Gasteiger partial charge is 0.220 e. The van der Waals surface area contributed by atoms with Crippen LogP contribution in [0.1, 0.15) is 39.5 Å². The predicted octanol–water partition coefficient (Wildman–Crippen LogP) is 2.34. The molecular formula is C15H23N3O2. The number of anilines is 1. The quantitative estimate of drug-likeness (QED) is 0.716. The Bertz CT molecular complexity index is 444. The lowest BCUT2D eigenvalue weighted by atomic mass is 10.3. The molecule has 2 N–H and O–H groups in total. The zero-order chi connectivity index (χ0) is 14.4. The molecule has 0 spiro atoms. The number of amides is 1. The monoisotopic (exact) mass is 277 g/mol. The lowest BCUT2D eigenvalue weighted by Gasteiger charge is -2.14. The van der Waals surface area contributed by atoms with Gasteiger partial charge in [0.05, 0.1) is 6.10 Å². The summed E-state index contributed by atoms with van der Waals surface area (Å²) in [6.45, 7) is 4.68. The first kappa shape index (κ1) is 14.6. The molecule has 1 amide bonds. The van der Waals surface area contributed by atoms with Gasteiger partial charge in [-0.2, -0.15) is 0 Å². The highest BCUT2D eigenvalue weighted by atomic mass is 16.5. The third kappa shape index (κ3) is 5.07. The summed E-state index contributed by atoms with van der Waals surface area (Å²) in [6, 6.07) is 4.19. The van der Waals surface area contributed by atoms with Gasteiger partial charge >= 0.3 is 0 Å². The number of nitrogens with zero attached hydrogens (tertiary/aromatic N) is 1. The van der Waals surface area contributed by atoms with Gasteiger partial charge < -0.3 is 15.4 Å². The maximum atomic E-state index is 11.5. The largest absolute Gasteiger partial charge is 0.487 e. The van der Waals surface area contributed by atoms with Gasteiger partial charge in [0.1, 0.15) is 0 Å². The molecule has 1 fully saturated rings. The summed E-state index contributed by atoms with van der Waals surface area (Å²) in [7, 11) is 0. The second-order valence-corrected chi connectivity index (χ2v) is 5.39. The van der Waals surface area contributed by atoms with Crippen molar-refractivity contribution in [2.75, 3.05) is 11.9 Å². The van der Waals surface area contributed by atoms with E-state index >= 15 is 0 Å². The van der Waals surface area contributed by atoms with E-state index in [0.717, 1.165) is 30.8 Å². The second-order valence-electron chi connectivity index (χ2n) is 5.39. The third-order valence-electron chi connectivity index (χ3n) is 2.95. The number of rotatable bonds is 8. The molecule has 0 saturated heterocycles. The van der Waals surface area contributed by atoms with Crippen LogP contribution >= 0.6 is 0 Å². The first-order chi connectivity index (χ1) is 9.65. The van der Waals surface area contributed by atoms with Crippen molar-refractivity contribution < 1.29 is 9.53 Å². The molecule has 1 aliphatic rings. The molecule has 0 atom stereocenters. The number of carbonyl (C=O) groups is 1. The Morgan fingerprint density at radius 2 is 2.30 bits per heavy atom. The highest BCUT2D eigenvalue weighted by molar-refractivity contribution is 5.76. The van der Waals surface area contributed by atoms with Crippen LogP contribution in [-0.4, -0.2) is 29.6 Å². The lowest BCUT2D eigenvalue weighted by Crippen LogP contribution is -2.25. The summed E-state index contributed by atoms with van der Waals surface area (Å²) in [5.41, 5.74) is 0. The van der Waals surface area contributed by atoms with Crippen molar-refractivity contribution in [1.82, 2.24) is 10.3 Å². The average molecular weight is 277 g/mol. The minimum atomic E-state index is 0.115. The molecule has 1 heterocycles. The first-order valence-electron chi connectivity index (χ1n) is 7.30. The molecule has 1 aromatic heterocycles. The number of ether oxygens (including phenoxy) is 1. The molecule has 5 nitrogen and oxygen atoms in total. The molecule has 0 radical (unpaired) electrons. The van der Waals surface area contributed by atoms with Crippen molar-refractivity contribution in [2.24, 2.45) is 0 Å². The van der Waals surface area contributed by atoms with Gasteiger partial charge in [0, 0.05) is 25.2 Å². The van der Waals surface area contributed by atoms with Crippen LogP contribution in [0.5, 0.6) is 5.75 Å². The number of hydrogen-bond donors (Lipinski definition) is 2. The summed E-state index contributed by atoms with van der Waals surface area (Å²) >= 11 is 0. The zero-order valence-electron chi connectivity index (χ0n) is 12.2. The van der Waals surface area contributed by atoms with E-state index in [4.69, 9.17) is 4.74 Å². The average Bonchev–Trinajstić information content (AvgIpc) is 3.19. The van der Waals surface area contributed by atoms with E-state index in [-0.39, 0.29) is 12.0 Å². The predicted molar refractivity (Wildman–Crippen MR) is 78.9 cm³/mol. The van der Waals surface area contributed by atoms with Crippen molar-refractivity contribution >= 4 is 11.7 Å². The second kappa shape index (κ2) is 7.12. The molecule has 1 aliphatic carbocycles. The van der Waals surface area contributed by atoms with Crippen LogP contribution in [0.3, 0.4) is 0 Å². The van der Waals surface area contributed by atoms with E-state index in [0.29, 0.717) is 19.0 Å². The van der Waals surface area contributed by atoms with Gasteiger partial charge in [0.25, 0.3) is 0 Å². The van der Waals surface area contributed by atoms with Gasteiger partial charge in [-0.1, -0.05) is 0 Å². The molecule has 1 aromatic rings. The van der Waals surface area contributed by atoms with Gasteiger partial charge in [-0.25, -0.2) is 4.98 Å². The van der Waals surface area contributed by atoms with Crippen LogP contribution in [0, 0.1) is 0 Å². The summed E-state index contributed by atoms with van der Waals surface area (Å²) in [4.78, 5) is 15.8. The Hall–Kier alpha value is -1.78. The van der Waals surface area contributed by atoms with Gasteiger partial charge in [-0.15, -0.1) is 0 Å². The molecule has 1 saturated carbocycles. The van der Waals surface area contributed by atoms with E-state index in [1.807, 2.05) is 26.0 Å². The van der Waals surface area contributed by atoms with Gasteiger partial charge in [0.15, 0.2) is 11.6 Å². The van der Waals surface area contributed by atoms with Crippen molar-refractivity contribution in [1.29, 1.82) is 0 Å². The van der Waals surface area contributed by atoms with Gasteiger partial charge in [0.2, 0.25) is 5.91 Å². The SMILES string of the molecule is CC(C)Oc1cccnc1NCCCC(=O)NC1CC1. The van der Waals surface area contributed by atoms with Crippen molar-refractivity contribution in [3.05, 3.63) is 18.3 Å². The molecule has 0 aliphatic heterocycles. The van der Waals surface area contributed by atoms with Crippen LogP contribution in [0.25, 0.3) is 0 Å². The minimum Gasteiger partial charge on any atom is -0.487 e. The summed E-state index contributed by atoms with van der Waals surface area (Å²) < 4.78 is 5.68. The van der Waals surface area contributed by atoms with Crippen LogP contribution in [0.4, 0.5) is 5.82 Å².